The van der Waals surface area contributed by atoms with Crippen LogP contribution in [0.2, 0.25) is 5.02 Å². The van der Waals surface area contributed by atoms with Crippen LogP contribution in [0.3, 0.4) is 0 Å². The molecular weight excluding hydrogens is 526 g/mol. The molecule has 0 bridgehead atoms. The van der Waals surface area contributed by atoms with Crippen LogP contribution in [0.15, 0.2) is 12.1 Å². The average Bonchev–Trinajstić information content (AvgIpc) is 2.89. The van der Waals surface area contributed by atoms with Crippen molar-refractivity contribution in [2.45, 2.75) is 63.8 Å². The van der Waals surface area contributed by atoms with Gasteiger partial charge in [-0.05, 0) is 44.8 Å². The van der Waals surface area contributed by atoms with Crippen molar-refractivity contribution in [2.75, 3.05) is 71.5 Å². The van der Waals surface area contributed by atoms with Gasteiger partial charge in [-0.1, -0.05) is 43.7 Å². The number of amides is 1. The van der Waals surface area contributed by atoms with Crippen molar-refractivity contribution >= 4 is 33.2 Å². The van der Waals surface area contributed by atoms with Gasteiger partial charge < -0.3 is 25.6 Å². The minimum Gasteiger partial charge on any atom is -0.496 e. The first-order chi connectivity index (χ1) is 18.2. The second kappa shape index (κ2) is 15.3. The number of nitrogens with two attached hydrogens (primary N) is 1. The number of rotatable bonds is 14. The summed E-state index contributed by atoms with van der Waals surface area (Å²) in [7, 11) is -1.52. The van der Waals surface area contributed by atoms with Crippen LogP contribution in [0.4, 0.5) is 5.69 Å². The summed E-state index contributed by atoms with van der Waals surface area (Å²) < 4.78 is 30.1. The van der Waals surface area contributed by atoms with E-state index in [9.17, 15) is 13.2 Å². The number of methoxy groups -OCH3 is 1. The molecule has 2 heterocycles. The van der Waals surface area contributed by atoms with Gasteiger partial charge in [0.1, 0.15) is 5.75 Å². The summed E-state index contributed by atoms with van der Waals surface area (Å²) in [6.45, 7) is 7.16. The van der Waals surface area contributed by atoms with E-state index in [-0.39, 0.29) is 11.9 Å². The summed E-state index contributed by atoms with van der Waals surface area (Å²) in [6, 6.07) is 3.32. The van der Waals surface area contributed by atoms with Gasteiger partial charge in [0.25, 0.3) is 5.91 Å². The highest BCUT2D eigenvalue weighted by Crippen LogP contribution is 2.29. The summed E-state index contributed by atoms with van der Waals surface area (Å²) in [5.41, 5.74) is 6.64. The van der Waals surface area contributed by atoms with Gasteiger partial charge in [0.2, 0.25) is 10.0 Å². The van der Waals surface area contributed by atoms with Gasteiger partial charge >= 0.3 is 0 Å². The van der Waals surface area contributed by atoms with Crippen LogP contribution in [-0.2, 0) is 10.0 Å². The maximum absolute atomic E-state index is 12.8. The molecule has 0 atom stereocenters. The van der Waals surface area contributed by atoms with E-state index in [1.54, 1.807) is 16.4 Å². The molecule has 3 N–H and O–H groups in total. The normalized spacial score (nSPS) is 18.5. The molecule has 0 radical (unpaired) electrons. The number of carbonyl (C=O) groups is 1. The fourth-order valence-electron chi connectivity index (χ4n) is 5.32. The fourth-order valence-corrected chi connectivity index (χ4v) is 6.31. The Hall–Kier alpha value is -1.59. The fraction of sp³-hybridized carbons (Fsp3) is 0.741. The Balaban J connectivity index is 1.18. The van der Waals surface area contributed by atoms with Crippen molar-refractivity contribution in [3.8, 4) is 5.75 Å². The molecule has 0 saturated carbocycles. The number of ether oxygens (including phenoxy) is 1. The molecule has 11 heteroatoms. The lowest BCUT2D eigenvalue weighted by molar-refractivity contribution is 0.0907. The van der Waals surface area contributed by atoms with Crippen molar-refractivity contribution < 1.29 is 17.9 Å². The quantitative estimate of drug-likeness (QED) is 0.260. The Kier molecular flexibility index (Phi) is 12.4. The number of piperidine rings is 1. The number of anilines is 1. The average molecular weight is 572 g/mol. The maximum Gasteiger partial charge on any atom is 0.255 e. The van der Waals surface area contributed by atoms with Crippen LogP contribution >= 0.6 is 11.6 Å². The molecule has 0 unspecified atom stereocenters. The van der Waals surface area contributed by atoms with Crippen LogP contribution < -0.4 is 15.8 Å². The Bertz CT molecular complexity index is 993. The molecule has 2 aliphatic rings. The molecule has 0 aromatic heterocycles. The minimum atomic E-state index is -3.04. The third-order valence-electron chi connectivity index (χ3n) is 7.74. The van der Waals surface area contributed by atoms with Gasteiger partial charge in [-0.2, -0.15) is 4.31 Å². The van der Waals surface area contributed by atoms with Crippen molar-refractivity contribution in [2.24, 2.45) is 0 Å². The first-order valence-corrected chi connectivity index (χ1v) is 16.2. The van der Waals surface area contributed by atoms with E-state index in [1.807, 2.05) is 0 Å². The van der Waals surface area contributed by atoms with Crippen molar-refractivity contribution in [1.82, 2.24) is 19.4 Å². The van der Waals surface area contributed by atoms with E-state index >= 15 is 0 Å². The molecule has 1 aromatic carbocycles. The number of sulfonamides is 1. The number of likely N-dealkylation sites (tertiary alicyclic amines) is 1. The molecule has 2 aliphatic heterocycles. The summed E-state index contributed by atoms with van der Waals surface area (Å²) in [5.74, 6) is 0.267. The number of nitrogens with one attached hydrogen (secondary N) is 1. The lowest BCUT2D eigenvalue weighted by Crippen LogP contribution is -2.48. The third-order valence-corrected chi connectivity index (χ3v) is 9.37. The van der Waals surface area contributed by atoms with E-state index in [0.29, 0.717) is 35.1 Å². The van der Waals surface area contributed by atoms with E-state index in [1.165, 1.54) is 58.3 Å². The number of nitrogens with zero attached hydrogens (tertiary/aromatic N) is 3. The number of halogens is 1. The maximum atomic E-state index is 12.8. The van der Waals surface area contributed by atoms with Crippen LogP contribution in [0, 0.1) is 0 Å². The summed E-state index contributed by atoms with van der Waals surface area (Å²) in [6.07, 6.45) is 12.0. The SMILES string of the molecule is COc1cc(N)c(Cl)cc1C(=O)NC1CCN(CCCCCCCCCN2CCN(S(C)(=O)=O)CC2)CC1. The molecule has 38 heavy (non-hydrogen) atoms. The Morgan fingerprint density at radius 2 is 1.47 bits per heavy atom. The van der Waals surface area contributed by atoms with E-state index in [2.05, 4.69) is 15.1 Å². The Labute approximate surface area is 234 Å². The van der Waals surface area contributed by atoms with E-state index in [0.717, 1.165) is 52.1 Å². The largest absolute Gasteiger partial charge is 0.496 e. The van der Waals surface area contributed by atoms with Gasteiger partial charge in [-0.3, -0.25) is 4.79 Å². The molecule has 2 fully saturated rings. The zero-order valence-corrected chi connectivity index (χ0v) is 24.7. The van der Waals surface area contributed by atoms with Gasteiger partial charge in [0.05, 0.1) is 29.6 Å². The summed E-state index contributed by atoms with van der Waals surface area (Å²) >= 11 is 6.11. The second-order valence-electron chi connectivity index (χ2n) is 10.6. The summed E-state index contributed by atoms with van der Waals surface area (Å²) in [5, 5.41) is 3.49. The molecule has 1 aromatic rings. The number of carbonyl (C=O) groups excluding carboxylic acids is 1. The van der Waals surface area contributed by atoms with Gasteiger partial charge in [-0.25, -0.2) is 8.42 Å². The van der Waals surface area contributed by atoms with Crippen molar-refractivity contribution in [3.63, 3.8) is 0 Å². The van der Waals surface area contributed by atoms with Crippen LogP contribution in [0.1, 0.15) is 68.1 Å². The predicted molar refractivity (Wildman–Crippen MR) is 155 cm³/mol. The van der Waals surface area contributed by atoms with Crippen LogP contribution in [0.5, 0.6) is 5.75 Å². The molecular formula is C27H46ClN5O4S. The predicted octanol–water partition coefficient (Wildman–Crippen LogP) is 3.43. The van der Waals surface area contributed by atoms with Crippen molar-refractivity contribution in [1.29, 1.82) is 0 Å². The number of nitrogen functional groups attached to an aromatic ring is 1. The van der Waals surface area contributed by atoms with Crippen LogP contribution in [-0.4, -0.2) is 100 Å². The standard InChI is InChI=1S/C27H46ClN5O4S/c1-37-26-21-25(29)24(28)20-23(26)27(34)30-22-10-14-31(15-11-22)12-8-6-4-3-5-7-9-13-32-16-18-33(19-17-32)38(2,35)36/h20-22H,3-19,29H2,1-2H3,(H,30,34). The number of hydrogen-bond donors (Lipinski definition) is 2. The number of hydrogen-bond acceptors (Lipinski definition) is 7. The molecule has 0 aliphatic carbocycles. The topological polar surface area (TPSA) is 108 Å². The highest BCUT2D eigenvalue weighted by molar-refractivity contribution is 7.88. The highest BCUT2D eigenvalue weighted by atomic mass is 35.5. The zero-order valence-electron chi connectivity index (χ0n) is 23.1. The molecule has 9 nitrogen and oxygen atoms in total. The van der Waals surface area contributed by atoms with Gasteiger partial charge in [-0.15, -0.1) is 0 Å². The zero-order chi connectivity index (χ0) is 27.5. The van der Waals surface area contributed by atoms with Gasteiger partial charge in [0, 0.05) is 51.4 Å². The Morgan fingerprint density at radius 1 is 0.947 bits per heavy atom. The van der Waals surface area contributed by atoms with Crippen molar-refractivity contribution in [3.05, 3.63) is 22.7 Å². The summed E-state index contributed by atoms with van der Waals surface area (Å²) in [4.78, 5) is 17.7. The lowest BCUT2D eigenvalue weighted by Gasteiger charge is -2.33. The molecule has 0 spiro atoms. The van der Waals surface area contributed by atoms with E-state index in [4.69, 9.17) is 22.1 Å². The highest BCUT2D eigenvalue weighted by Gasteiger charge is 2.24. The lowest BCUT2D eigenvalue weighted by atomic mass is 10.0. The first kappa shape index (κ1) is 30.9. The molecule has 216 valence electrons. The minimum absolute atomic E-state index is 0.156. The van der Waals surface area contributed by atoms with E-state index < -0.39 is 10.0 Å². The number of piperazine rings is 1. The number of unbranched alkanes of at least 4 members (excludes halogenated alkanes) is 6. The monoisotopic (exact) mass is 571 g/mol. The smallest absolute Gasteiger partial charge is 0.255 e. The first-order valence-electron chi connectivity index (χ1n) is 14.0. The molecule has 2 saturated heterocycles. The third kappa shape index (κ3) is 9.86. The number of benzene rings is 1. The van der Waals surface area contributed by atoms with Crippen LogP contribution in [0.25, 0.3) is 0 Å². The molecule has 3 rings (SSSR count). The van der Waals surface area contributed by atoms with Gasteiger partial charge in [0.15, 0.2) is 0 Å². The second-order valence-corrected chi connectivity index (χ2v) is 13.0. The Morgan fingerprint density at radius 3 is 2.00 bits per heavy atom. The molecule has 1 amide bonds.